The van der Waals surface area contributed by atoms with E-state index in [4.69, 9.17) is 0 Å². The Kier molecular flexibility index (Phi) is 5.32. The first-order valence-corrected chi connectivity index (χ1v) is 7.88. The lowest BCUT2D eigenvalue weighted by atomic mass is 9.91. The van der Waals surface area contributed by atoms with Gasteiger partial charge in [0.25, 0.3) is 0 Å². The highest BCUT2D eigenvalue weighted by Gasteiger charge is 2.57. The topological polar surface area (TPSA) is 61.4 Å². The van der Waals surface area contributed by atoms with Crippen LogP contribution in [0.3, 0.4) is 0 Å². The van der Waals surface area contributed by atoms with Crippen LogP contribution >= 0.6 is 12.4 Å². The summed E-state index contributed by atoms with van der Waals surface area (Å²) in [5.74, 6) is 0.802. The van der Waals surface area contributed by atoms with E-state index in [0.29, 0.717) is 17.9 Å². The zero-order chi connectivity index (χ0) is 13.3. The van der Waals surface area contributed by atoms with Gasteiger partial charge in [0.05, 0.1) is 6.10 Å². The van der Waals surface area contributed by atoms with E-state index in [2.05, 4.69) is 10.6 Å². The van der Waals surface area contributed by atoms with Crippen molar-refractivity contribution in [1.82, 2.24) is 10.6 Å². The van der Waals surface area contributed by atoms with Crippen LogP contribution in [0.15, 0.2) is 0 Å². The van der Waals surface area contributed by atoms with Gasteiger partial charge in [-0.25, -0.2) is 0 Å². The molecule has 3 fully saturated rings. The molecule has 2 aliphatic carbocycles. The van der Waals surface area contributed by atoms with Crippen molar-refractivity contribution in [3.05, 3.63) is 0 Å². The molecular weight excluding hydrogens is 276 g/mol. The molecule has 2 atom stereocenters. The lowest BCUT2D eigenvalue weighted by molar-refractivity contribution is -0.123. The van der Waals surface area contributed by atoms with E-state index >= 15 is 0 Å². The van der Waals surface area contributed by atoms with Crippen LogP contribution in [0.2, 0.25) is 0 Å². The number of hydrogen-bond acceptors (Lipinski definition) is 3. The van der Waals surface area contributed by atoms with E-state index in [-0.39, 0.29) is 30.3 Å². The summed E-state index contributed by atoms with van der Waals surface area (Å²) in [4.78, 5) is 12.2. The predicted octanol–water partition coefficient (Wildman–Crippen LogP) is 1.47. The average Bonchev–Trinajstić information content (AvgIpc) is 2.90. The Morgan fingerprint density at radius 2 is 1.95 bits per heavy atom. The van der Waals surface area contributed by atoms with Gasteiger partial charge < -0.3 is 15.7 Å². The van der Waals surface area contributed by atoms with Crippen molar-refractivity contribution in [2.75, 3.05) is 19.6 Å². The van der Waals surface area contributed by atoms with E-state index in [9.17, 15) is 9.90 Å². The molecule has 0 aromatic carbocycles. The van der Waals surface area contributed by atoms with Gasteiger partial charge in [-0.15, -0.1) is 12.4 Å². The van der Waals surface area contributed by atoms with Gasteiger partial charge in [0.15, 0.2) is 0 Å². The molecule has 1 aliphatic heterocycles. The van der Waals surface area contributed by atoms with Crippen LogP contribution in [0.5, 0.6) is 0 Å². The number of amides is 1. The van der Waals surface area contributed by atoms with E-state index < -0.39 is 0 Å². The van der Waals surface area contributed by atoms with Gasteiger partial charge in [0.1, 0.15) is 0 Å². The first kappa shape index (κ1) is 16.1. The maximum Gasteiger partial charge on any atom is 0.223 e. The van der Waals surface area contributed by atoms with Gasteiger partial charge in [-0.05, 0) is 56.5 Å². The lowest BCUT2D eigenvalue weighted by Crippen LogP contribution is -2.38. The third-order valence-electron chi connectivity index (χ3n) is 5.53. The summed E-state index contributed by atoms with van der Waals surface area (Å²) in [6.07, 6.45) is 7.69. The number of piperidine rings is 1. The van der Waals surface area contributed by atoms with Crippen LogP contribution in [-0.4, -0.2) is 36.8 Å². The Bertz CT molecular complexity index is 339. The summed E-state index contributed by atoms with van der Waals surface area (Å²) in [5.41, 5.74) is 0.299. The third kappa shape index (κ3) is 3.29. The number of hydrogen-bond donors (Lipinski definition) is 3. The van der Waals surface area contributed by atoms with Crippen molar-refractivity contribution in [3.8, 4) is 0 Å². The smallest absolute Gasteiger partial charge is 0.223 e. The first-order chi connectivity index (χ1) is 9.21. The normalized spacial score (nSPS) is 29.8. The molecule has 5 heteroatoms. The Labute approximate surface area is 127 Å². The van der Waals surface area contributed by atoms with Crippen LogP contribution < -0.4 is 10.6 Å². The molecule has 20 heavy (non-hydrogen) atoms. The van der Waals surface area contributed by atoms with Crippen LogP contribution in [0.1, 0.15) is 44.9 Å². The van der Waals surface area contributed by atoms with Gasteiger partial charge in [-0.3, -0.25) is 4.79 Å². The third-order valence-corrected chi connectivity index (χ3v) is 5.53. The Morgan fingerprint density at radius 1 is 1.30 bits per heavy atom. The van der Waals surface area contributed by atoms with Crippen LogP contribution in [-0.2, 0) is 4.79 Å². The van der Waals surface area contributed by atoms with E-state index in [1.165, 1.54) is 12.8 Å². The summed E-state index contributed by atoms with van der Waals surface area (Å²) in [6.45, 7) is 2.55. The van der Waals surface area contributed by atoms with E-state index in [1.807, 2.05) is 0 Å². The van der Waals surface area contributed by atoms with Crippen molar-refractivity contribution in [3.63, 3.8) is 0 Å². The summed E-state index contributed by atoms with van der Waals surface area (Å²) < 4.78 is 0. The summed E-state index contributed by atoms with van der Waals surface area (Å²) in [7, 11) is 0. The molecule has 3 rings (SSSR count). The molecule has 0 radical (unpaired) electrons. The number of nitrogens with one attached hydrogen (secondary N) is 2. The molecule has 2 unspecified atom stereocenters. The fourth-order valence-corrected chi connectivity index (χ4v) is 4.03. The first-order valence-electron chi connectivity index (χ1n) is 7.88. The van der Waals surface area contributed by atoms with Crippen LogP contribution in [0, 0.1) is 17.3 Å². The number of halogens is 1. The summed E-state index contributed by atoms with van der Waals surface area (Å²) in [5, 5.41) is 16.4. The molecule has 1 spiro atoms. The zero-order valence-corrected chi connectivity index (χ0v) is 12.9. The summed E-state index contributed by atoms with van der Waals surface area (Å²) >= 11 is 0. The van der Waals surface area contributed by atoms with Crippen molar-refractivity contribution in [1.29, 1.82) is 0 Å². The number of aliphatic hydroxyl groups excluding tert-OH is 1. The van der Waals surface area contributed by atoms with Gasteiger partial charge in [0.2, 0.25) is 5.91 Å². The number of carbonyl (C=O) groups is 1. The minimum Gasteiger partial charge on any atom is -0.391 e. The summed E-state index contributed by atoms with van der Waals surface area (Å²) in [6, 6.07) is 0. The van der Waals surface area contributed by atoms with Crippen LogP contribution in [0.25, 0.3) is 0 Å². The number of carbonyl (C=O) groups excluding carboxylic acids is 1. The number of rotatable bonds is 4. The minimum absolute atomic E-state index is 0. The Morgan fingerprint density at radius 3 is 2.60 bits per heavy atom. The van der Waals surface area contributed by atoms with Crippen LogP contribution in [0.4, 0.5) is 0 Å². The Balaban J connectivity index is 0.00000147. The SMILES string of the molecule is Cl.O=C(NCC(O)C1CCCC1)C1CC12CCNCC2. The fraction of sp³-hybridized carbons (Fsp3) is 0.933. The van der Waals surface area contributed by atoms with Gasteiger partial charge in [0, 0.05) is 12.5 Å². The molecule has 1 saturated heterocycles. The van der Waals surface area contributed by atoms with Crippen molar-refractivity contribution in [2.45, 2.75) is 51.0 Å². The van der Waals surface area contributed by atoms with Gasteiger partial charge in [-0.2, -0.15) is 0 Å². The second kappa shape index (κ2) is 6.63. The number of aliphatic hydroxyl groups is 1. The Hall–Kier alpha value is -0.320. The van der Waals surface area contributed by atoms with Gasteiger partial charge >= 0.3 is 0 Å². The molecule has 116 valence electrons. The molecule has 1 amide bonds. The highest BCUT2D eigenvalue weighted by molar-refractivity contribution is 5.85. The monoisotopic (exact) mass is 302 g/mol. The van der Waals surface area contributed by atoms with E-state index in [1.54, 1.807) is 0 Å². The maximum atomic E-state index is 12.2. The lowest BCUT2D eigenvalue weighted by Gasteiger charge is -2.23. The van der Waals surface area contributed by atoms with Crippen molar-refractivity contribution in [2.24, 2.45) is 17.3 Å². The predicted molar refractivity (Wildman–Crippen MR) is 80.9 cm³/mol. The average molecular weight is 303 g/mol. The fourth-order valence-electron chi connectivity index (χ4n) is 4.03. The second-order valence-electron chi connectivity index (χ2n) is 6.73. The molecule has 0 aromatic rings. The van der Waals surface area contributed by atoms with Gasteiger partial charge in [-0.1, -0.05) is 12.8 Å². The molecule has 3 aliphatic rings. The molecule has 0 aromatic heterocycles. The molecule has 2 saturated carbocycles. The largest absolute Gasteiger partial charge is 0.391 e. The molecule has 1 heterocycles. The zero-order valence-electron chi connectivity index (χ0n) is 12.1. The molecule has 3 N–H and O–H groups in total. The van der Waals surface area contributed by atoms with E-state index in [0.717, 1.165) is 45.2 Å². The molecular formula is C15H27ClN2O2. The standard InChI is InChI=1S/C15H26N2O2.ClH/c18-13(11-3-1-2-4-11)10-17-14(19)12-9-15(12)5-7-16-8-6-15;/h11-13,16,18H,1-10H2,(H,17,19);1H. The highest BCUT2D eigenvalue weighted by atomic mass is 35.5. The molecule has 0 bridgehead atoms. The maximum absolute atomic E-state index is 12.2. The molecule has 4 nitrogen and oxygen atoms in total. The second-order valence-corrected chi connectivity index (χ2v) is 6.73. The highest BCUT2D eigenvalue weighted by Crippen LogP contribution is 2.58. The van der Waals surface area contributed by atoms with Crippen molar-refractivity contribution < 1.29 is 9.90 Å². The van der Waals surface area contributed by atoms with Crippen molar-refractivity contribution >= 4 is 18.3 Å². The minimum atomic E-state index is -0.339. The quantitative estimate of drug-likeness (QED) is 0.737.